The molecule has 0 N–H and O–H groups in total. The largest absolute Gasteiger partial charge is 0.456 e. The average Bonchev–Trinajstić information content (AvgIpc) is 3.60. The fraction of sp³-hybridized carbons (Fsp3) is 0.0278. The Balaban J connectivity index is 1.42. The van der Waals surface area contributed by atoms with Gasteiger partial charge in [0.25, 0.3) is 0 Å². The maximum Gasteiger partial charge on any atom is 0.138 e. The Morgan fingerprint density at radius 1 is 0.564 bits per heavy atom. The second-order valence-electron chi connectivity index (χ2n) is 9.97. The molecule has 0 saturated carbocycles. The summed E-state index contributed by atoms with van der Waals surface area (Å²) in [5.74, 6) is 0. The molecule has 0 bridgehead atoms. The molecule has 1 aliphatic heterocycles. The van der Waals surface area contributed by atoms with E-state index in [0.29, 0.717) is 0 Å². The number of benzene rings is 6. The Bertz CT molecular complexity index is 2000. The Labute approximate surface area is 226 Å². The van der Waals surface area contributed by atoms with Crippen LogP contribution in [-0.4, -0.2) is 5.71 Å². The maximum absolute atomic E-state index is 6.62. The van der Waals surface area contributed by atoms with E-state index >= 15 is 0 Å². The molecular formula is C36H24N2O. The van der Waals surface area contributed by atoms with Crippen LogP contribution in [0.15, 0.2) is 143 Å². The van der Waals surface area contributed by atoms with E-state index in [0.717, 1.165) is 62.4 Å². The summed E-state index contributed by atoms with van der Waals surface area (Å²) in [5, 5.41) is 4.61. The Morgan fingerprint density at radius 2 is 1.23 bits per heavy atom. The van der Waals surface area contributed by atoms with Crippen LogP contribution in [0.5, 0.6) is 0 Å². The van der Waals surface area contributed by atoms with Gasteiger partial charge in [0.2, 0.25) is 0 Å². The lowest BCUT2D eigenvalue weighted by atomic mass is 9.95. The molecule has 184 valence electrons. The summed E-state index contributed by atoms with van der Waals surface area (Å²) < 4.78 is 6.62. The molecule has 2 heterocycles. The van der Waals surface area contributed by atoms with Crippen molar-refractivity contribution in [3.63, 3.8) is 0 Å². The number of hydrogen-bond acceptors (Lipinski definition) is 3. The zero-order valence-corrected chi connectivity index (χ0v) is 21.2. The van der Waals surface area contributed by atoms with E-state index in [9.17, 15) is 0 Å². The summed E-state index contributed by atoms with van der Waals surface area (Å²) in [4.78, 5) is 7.34. The van der Waals surface area contributed by atoms with Crippen molar-refractivity contribution < 1.29 is 4.42 Å². The molecule has 1 aliphatic rings. The number of hydrogen-bond donors (Lipinski definition) is 0. The van der Waals surface area contributed by atoms with Crippen LogP contribution in [0.2, 0.25) is 0 Å². The molecule has 0 fully saturated rings. The first kappa shape index (κ1) is 21.9. The summed E-state index contributed by atoms with van der Waals surface area (Å²) in [6.45, 7) is 0. The van der Waals surface area contributed by atoms with E-state index < -0.39 is 0 Å². The fourth-order valence-corrected chi connectivity index (χ4v) is 5.96. The van der Waals surface area contributed by atoms with Gasteiger partial charge in [-0.25, -0.2) is 0 Å². The van der Waals surface area contributed by atoms with Gasteiger partial charge >= 0.3 is 0 Å². The van der Waals surface area contributed by atoms with Crippen molar-refractivity contribution in [2.45, 2.75) is 6.42 Å². The normalized spacial score (nSPS) is 12.7. The van der Waals surface area contributed by atoms with Gasteiger partial charge in [-0.1, -0.05) is 91.0 Å². The van der Waals surface area contributed by atoms with Crippen molar-refractivity contribution in [1.82, 2.24) is 0 Å². The number of furan rings is 1. The maximum atomic E-state index is 6.62. The predicted molar refractivity (Wildman–Crippen MR) is 162 cm³/mol. The molecule has 3 nitrogen and oxygen atoms in total. The van der Waals surface area contributed by atoms with Crippen LogP contribution in [0.25, 0.3) is 32.7 Å². The van der Waals surface area contributed by atoms with E-state index in [4.69, 9.17) is 9.41 Å². The van der Waals surface area contributed by atoms with Crippen LogP contribution in [0.4, 0.5) is 22.7 Å². The average molecular weight is 501 g/mol. The van der Waals surface area contributed by atoms with E-state index in [1.807, 2.05) is 0 Å². The lowest BCUT2D eigenvalue weighted by Crippen LogP contribution is -2.10. The van der Waals surface area contributed by atoms with Crippen LogP contribution in [0.3, 0.4) is 0 Å². The summed E-state index contributed by atoms with van der Waals surface area (Å²) in [6, 6.07) is 46.7. The fourth-order valence-electron chi connectivity index (χ4n) is 5.96. The zero-order chi connectivity index (χ0) is 25.8. The van der Waals surface area contributed by atoms with Crippen LogP contribution in [0.1, 0.15) is 11.1 Å². The van der Waals surface area contributed by atoms with Crippen molar-refractivity contribution in [2.24, 2.45) is 4.99 Å². The van der Waals surface area contributed by atoms with Gasteiger partial charge in [0.15, 0.2) is 0 Å². The highest BCUT2D eigenvalue weighted by atomic mass is 16.3. The van der Waals surface area contributed by atoms with E-state index in [2.05, 4.69) is 138 Å². The second-order valence-corrected chi connectivity index (χ2v) is 9.97. The van der Waals surface area contributed by atoms with Gasteiger partial charge in [-0.3, -0.25) is 4.99 Å². The second kappa shape index (κ2) is 8.71. The first-order valence-electron chi connectivity index (χ1n) is 13.3. The molecule has 39 heavy (non-hydrogen) atoms. The molecule has 8 rings (SSSR count). The topological polar surface area (TPSA) is 28.7 Å². The van der Waals surface area contributed by atoms with Crippen LogP contribution in [0, 0.1) is 0 Å². The van der Waals surface area contributed by atoms with Crippen molar-refractivity contribution in [2.75, 3.05) is 4.90 Å². The first-order valence-corrected chi connectivity index (χ1v) is 13.3. The Morgan fingerprint density at radius 3 is 1.97 bits per heavy atom. The van der Waals surface area contributed by atoms with Crippen molar-refractivity contribution in [1.29, 1.82) is 0 Å². The number of fused-ring (bicyclic) bond motifs is 6. The lowest BCUT2D eigenvalue weighted by molar-refractivity contribution is 0.669. The van der Waals surface area contributed by atoms with Gasteiger partial charge in [0.05, 0.1) is 17.1 Å². The van der Waals surface area contributed by atoms with Gasteiger partial charge in [-0.15, -0.1) is 0 Å². The summed E-state index contributed by atoms with van der Waals surface area (Å²) in [6.07, 6.45) is 0.827. The molecule has 0 amide bonds. The lowest BCUT2D eigenvalue weighted by Gasteiger charge is -2.27. The van der Waals surface area contributed by atoms with Crippen molar-refractivity contribution in [3.8, 4) is 0 Å². The highest BCUT2D eigenvalue weighted by molar-refractivity contribution is 6.28. The minimum atomic E-state index is 0.827. The Kier molecular flexibility index (Phi) is 4.89. The molecule has 0 aliphatic carbocycles. The third kappa shape index (κ3) is 3.48. The van der Waals surface area contributed by atoms with E-state index in [1.165, 1.54) is 16.3 Å². The number of para-hydroxylation sites is 3. The highest BCUT2D eigenvalue weighted by Gasteiger charge is 2.24. The quantitative estimate of drug-likeness (QED) is 0.241. The molecule has 1 aromatic heterocycles. The molecular weight excluding hydrogens is 476 g/mol. The summed E-state index contributed by atoms with van der Waals surface area (Å²) in [5.41, 5.74) is 9.61. The standard InChI is InChI=1S/C36H24N2O/c1-3-13-25(14-4-1)38(26-15-5-2-6-16-26)32-23-34-35(28-18-9-8-17-27(28)32)36-29(19-11-21-33(36)39-34)31-22-24-12-7-10-20-30(24)37-31/h1-21,23H,22H2. The third-order valence-electron chi connectivity index (χ3n) is 7.67. The first-order chi connectivity index (χ1) is 19.3. The molecule has 0 unspecified atom stereocenters. The number of nitrogens with zero attached hydrogens (tertiary/aromatic N) is 2. The van der Waals surface area contributed by atoms with Gasteiger partial charge in [-0.2, -0.15) is 0 Å². The van der Waals surface area contributed by atoms with Crippen LogP contribution >= 0.6 is 0 Å². The van der Waals surface area contributed by atoms with E-state index in [-0.39, 0.29) is 0 Å². The van der Waals surface area contributed by atoms with Gasteiger partial charge in [0, 0.05) is 45.6 Å². The van der Waals surface area contributed by atoms with Crippen molar-refractivity contribution in [3.05, 3.63) is 145 Å². The molecule has 7 aromatic rings. The number of aliphatic imine (C=N–C) groups is 1. The molecule has 0 saturated heterocycles. The third-order valence-corrected chi connectivity index (χ3v) is 7.67. The monoisotopic (exact) mass is 500 g/mol. The van der Waals surface area contributed by atoms with Crippen LogP contribution in [-0.2, 0) is 6.42 Å². The number of anilines is 3. The highest BCUT2D eigenvalue weighted by Crippen LogP contribution is 2.45. The van der Waals surface area contributed by atoms with Gasteiger partial charge in [0.1, 0.15) is 11.2 Å². The minimum absolute atomic E-state index is 0.827. The van der Waals surface area contributed by atoms with E-state index in [1.54, 1.807) is 0 Å². The predicted octanol–water partition coefficient (Wildman–Crippen LogP) is 9.89. The molecule has 3 heteroatoms. The van der Waals surface area contributed by atoms with Gasteiger partial charge in [-0.05, 0) is 47.3 Å². The van der Waals surface area contributed by atoms with Gasteiger partial charge < -0.3 is 9.32 Å². The zero-order valence-electron chi connectivity index (χ0n) is 21.2. The smallest absolute Gasteiger partial charge is 0.138 e. The SMILES string of the molecule is c1ccc(N(c2ccccc2)c2cc3oc4cccc(C5=Nc6ccccc6C5)c4c3c3ccccc23)cc1. The van der Waals surface area contributed by atoms with Crippen LogP contribution < -0.4 is 4.90 Å². The Hall–Kier alpha value is -5.15. The molecule has 0 atom stereocenters. The molecule has 0 radical (unpaired) electrons. The molecule has 6 aromatic carbocycles. The number of rotatable bonds is 4. The molecule has 0 spiro atoms. The minimum Gasteiger partial charge on any atom is -0.456 e. The summed E-state index contributed by atoms with van der Waals surface area (Å²) >= 11 is 0. The summed E-state index contributed by atoms with van der Waals surface area (Å²) in [7, 11) is 0. The van der Waals surface area contributed by atoms with Crippen molar-refractivity contribution >= 4 is 61.2 Å².